The Bertz CT molecular complexity index is 1270. The van der Waals surface area contributed by atoms with Gasteiger partial charge in [-0.2, -0.15) is 5.10 Å². The van der Waals surface area contributed by atoms with Crippen LogP contribution in [0.1, 0.15) is 34.7 Å². The maximum Gasteiger partial charge on any atom is 0.293 e. The molecule has 2 heterocycles. The molecule has 172 valence electrons. The van der Waals surface area contributed by atoms with Gasteiger partial charge in [0.15, 0.2) is 0 Å². The Morgan fingerprint density at radius 1 is 1.09 bits per heavy atom. The van der Waals surface area contributed by atoms with Crippen LogP contribution in [0, 0.1) is 10.1 Å². The van der Waals surface area contributed by atoms with Crippen LogP contribution >= 0.6 is 0 Å². The Kier molecular flexibility index (Phi) is 6.92. The minimum Gasteiger partial charge on any atom is -0.371 e. The molecule has 1 unspecified atom stereocenters. The van der Waals surface area contributed by atoms with Crippen molar-refractivity contribution in [3.05, 3.63) is 112 Å². The van der Waals surface area contributed by atoms with Crippen molar-refractivity contribution in [2.45, 2.75) is 19.4 Å². The maximum atomic E-state index is 12.6. The van der Waals surface area contributed by atoms with Gasteiger partial charge >= 0.3 is 0 Å². The van der Waals surface area contributed by atoms with Gasteiger partial charge in [0, 0.05) is 37.0 Å². The summed E-state index contributed by atoms with van der Waals surface area (Å²) in [7, 11) is 0. The fraction of sp³-hybridized carbons (Fsp3) is 0.160. The number of amides is 1. The Hall–Kier alpha value is -4.53. The van der Waals surface area contributed by atoms with Crippen molar-refractivity contribution < 1.29 is 9.72 Å². The smallest absolute Gasteiger partial charge is 0.293 e. The van der Waals surface area contributed by atoms with Crippen LogP contribution in [-0.2, 0) is 6.42 Å². The second kappa shape index (κ2) is 10.4. The van der Waals surface area contributed by atoms with Gasteiger partial charge in [0.25, 0.3) is 11.6 Å². The summed E-state index contributed by atoms with van der Waals surface area (Å²) in [6, 6.07) is 21.3. The number of carbonyl (C=O) groups excluding carboxylic acids is 1. The molecular weight excluding hydrogens is 432 g/mol. The van der Waals surface area contributed by atoms with E-state index in [-0.39, 0.29) is 23.2 Å². The summed E-state index contributed by atoms with van der Waals surface area (Å²) in [6.07, 6.45) is 4.07. The van der Waals surface area contributed by atoms with Crippen LogP contribution in [0.3, 0.4) is 0 Å². The van der Waals surface area contributed by atoms with Crippen molar-refractivity contribution in [1.82, 2.24) is 20.1 Å². The maximum absolute atomic E-state index is 12.6. The number of nitrogens with zero attached hydrogens (tertiary/aromatic N) is 4. The zero-order valence-electron chi connectivity index (χ0n) is 18.6. The van der Waals surface area contributed by atoms with E-state index < -0.39 is 4.92 Å². The third-order valence-electron chi connectivity index (χ3n) is 5.29. The lowest BCUT2D eigenvalue weighted by Gasteiger charge is -2.15. The van der Waals surface area contributed by atoms with Gasteiger partial charge in [0.2, 0.25) is 0 Å². The van der Waals surface area contributed by atoms with Crippen LogP contribution in [-0.4, -0.2) is 32.1 Å². The van der Waals surface area contributed by atoms with E-state index in [1.807, 2.05) is 61.7 Å². The zero-order valence-corrected chi connectivity index (χ0v) is 18.6. The number of benzene rings is 2. The van der Waals surface area contributed by atoms with Crippen molar-refractivity contribution >= 4 is 17.3 Å². The molecule has 0 radical (unpaired) electrons. The minimum absolute atomic E-state index is 0.169. The van der Waals surface area contributed by atoms with Gasteiger partial charge < -0.3 is 10.6 Å². The number of rotatable bonds is 9. The standard InChI is InChI=1S/C25H24N6O3/c1-18(22-9-5-6-14-26-22)28-23-11-10-19(17-24(23)31(33)34)25(32)27-15-12-20-13-16-30(29-20)21-7-3-2-4-8-21/h2-11,13-14,16-18,28H,12,15H2,1H3,(H,27,32). The normalized spacial score (nSPS) is 11.6. The summed E-state index contributed by atoms with van der Waals surface area (Å²) in [6.45, 7) is 2.22. The highest BCUT2D eigenvalue weighted by molar-refractivity contribution is 5.95. The molecule has 34 heavy (non-hydrogen) atoms. The topological polar surface area (TPSA) is 115 Å². The van der Waals surface area contributed by atoms with E-state index in [0.717, 1.165) is 17.1 Å². The Morgan fingerprint density at radius 2 is 1.88 bits per heavy atom. The summed E-state index contributed by atoms with van der Waals surface area (Å²) in [5.74, 6) is -0.380. The average Bonchev–Trinajstić information content (AvgIpc) is 3.34. The van der Waals surface area contributed by atoms with E-state index in [4.69, 9.17) is 0 Å². The van der Waals surface area contributed by atoms with Gasteiger partial charge in [-0.1, -0.05) is 24.3 Å². The van der Waals surface area contributed by atoms with Crippen LogP contribution < -0.4 is 10.6 Å². The lowest BCUT2D eigenvalue weighted by Crippen LogP contribution is -2.26. The molecule has 0 saturated carbocycles. The van der Waals surface area contributed by atoms with Gasteiger partial charge in [-0.3, -0.25) is 19.9 Å². The fourth-order valence-corrected chi connectivity index (χ4v) is 3.51. The Balaban J connectivity index is 1.38. The molecule has 0 aliphatic carbocycles. The molecule has 9 heteroatoms. The van der Waals surface area contributed by atoms with Crippen LogP contribution in [0.4, 0.5) is 11.4 Å². The number of pyridine rings is 1. The first-order valence-electron chi connectivity index (χ1n) is 10.9. The van der Waals surface area contributed by atoms with Crippen molar-refractivity contribution in [2.75, 3.05) is 11.9 Å². The molecule has 0 aliphatic heterocycles. The molecule has 1 amide bonds. The lowest BCUT2D eigenvalue weighted by molar-refractivity contribution is -0.384. The highest BCUT2D eigenvalue weighted by Crippen LogP contribution is 2.29. The first-order valence-corrected chi connectivity index (χ1v) is 10.9. The fourth-order valence-electron chi connectivity index (χ4n) is 3.51. The highest BCUT2D eigenvalue weighted by Gasteiger charge is 2.19. The summed E-state index contributed by atoms with van der Waals surface area (Å²) < 4.78 is 1.78. The van der Waals surface area contributed by atoms with E-state index in [1.165, 1.54) is 6.07 Å². The van der Waals surface area contributed by atoms with Gasteiger partial charge in [0.05, 0.1) is 28.0 Å². The van der Waals surface area contributed by atoms with E-state index in [2.05, 4.69) is 20.7 Å². The number of carbonyl (C=O) groups is 1. The molecule has 2 aromatic heterocycles. The number of nitro groups is 1. The van der Waals surface area contributed by atoms with Gasteiger partial charge in [0.1, 0.15) is 5.69 Å². The molecule has 4 rings (SSSR count). The molecule has 0 fully saturated rings. The molecule has 9 nitrogen and oxygen atoms in total. The number of hydrogen-bond donors (Lipinski definition) is 2. The average molecular weight is 457 g/mol. The number of hydrogen-bond acceptors (Lipinski definition) is 6. The predicted molar refractivity (Wildman–Crippen MR) is 129 cm³/mol. The van der Waals surface area contributed by atoms with Crippen LogP contribution in [0.2, 0.25) is 0 Å². The molecule has 2 N–H and O–H groups in total. The molecule has 0 spiro atoms. The Labute approximate surface area is 196 Å². The van der Waals surface area contributed by atoms with Crippen LogP contribution in [0.15, 0.2) is 85.2 Å². The zero-order chi connectivity index (χ0) is 23.9. The number of anilines is 1. The monoisotopic (exact) mass is 456 g/mol. The van der Waals surface area contributed by atoms with E-state index in [0.29, 0.717) is 18.7 Å². The van der Waals surface area contributed by atoms with Gasteiger partial charge in [-0.15, -0.1) is 0 Å². The largest absolute Gasteiger partial charge is 0.371 e. The number of aromatic nitrogens is 3. The Morgan fingerprint density at radius 3 is 2.62 bits per heavy atom. The quantitative estimate of drug-likeness (QED) is 0.286. The van der Waals surface area contributed by atoms with E-state index >= 15 is 0 Å². The van der Waals surface area contributed by atoms with Gasteiger partial charge in [-0.05, 0) is 49.4 Å². The number of nitrogens with one attached hydrogen (secondary N) is 2. The van der Waals surface area contributed by atoms with E-state index in [9.17, 15) is 14.9 Å². The van der Waals surface area contributed by atoms with Crippen molar-refractivity contribution in [3.63, 3.8) is 0 Å². The number of para-hydroxylation sites is 1. The second-order valence-electron chi connectivity index (χ2n) is 7.70. The molecule has 0 saturated heterocycles. The highest BCUT2D eigenvalue weighted by atomic mass is 16.6. The minimum atomic E-state index is -0.500. The molecule has 0 bridgehead atoms. The lowest BCUT2D eigenvalue weighted by atomic mass is 10.1. The molecule has 2 aromatic carbocycles. The van der Waals surface area contributed by atoms with Crippen LogP contribution in [0.5, 0.6) is 0 Å². The first kappa shape index (κ1) is 22.7. The SMILES string of the molecule is CC(Nc1ccc(C(=O)NCCc2ccn(-c3ccccc3)n2)cc1[N+](=O)[O-])c1ccccn1. The third kappa shape index (κ3) is 5.44. The first-order chi connectivity index (χ1) is 16.5. The van der Waals surface area contributed by atoms with Crippen molar-refractivity contribution in [3.8, 4) is 5.69 Å². The molecule has 0 aliphatic rings. The second-order valence-corrected chi connectivity index (χ2v) is 7.70. The van der Waals surface area contributed by atoms with Crippen molar-refractivity contribution in [2.24, 2.45) is 0 Å². The summed E-state index contributed by atoms with van der Waals surface area (Å²) >= 11 is 0. The summed E-state index contributed by atoms with van der Waals surface area (Å²) in [5, 5.41) is 22.1. The van der Waals surface area contributed by atoms with E-state index in [1.54, 1.807) is 29.1 Å². The third-order valence-corrected chi connectivity index (χ3v) is 5.29. The molecular formula is C25H24N6O3. The molecule has 1 atom stereocenters. The summed E-state index contributed by atoms with van der Waals surface area (Å²) in [4.78, 5) is 28.0. The number of nitro benzene ring substituents is 1. The van der Waals surface area contributed by atoms with Crippen molar-refractivity contribution in [1.29, 1.82) is 0 Å². The van der Waals surface area contributed by atoms with Gasteiger partial charge in [-0.25, -0.2) is 4.68 Å². The molecule has 4 aromatic rings. The van der Waals surface area contributed by atoms with Crippen LogP contribution in [0.25, 0.3) is 5.69 Å². The summed E-state index contributed by atoms with van der Waals surface area (Å²) in [5.41, 5.74) is 2.92. The predicted octanol–water partition coefficient (Wildman–Crippen LogP) is 4.32.